The van der Waals surface area contributed by atoms with Gasteiger partial charge >= 0.3 is 0 Å². The monoisotopic (exact) mass is 390 g/mol. The number of hydrogen-bond donors (Lipinski definition) is 1. The third-order valence-corrected chi connectivity index (χ3v) is 5.72. The minimum atomic E-state index is -3.88. The number of nitrogens with one attached hydrogen (secondary N) is 1. The van der Waals surface area contributed by atoms with E-state index in [1.54, 1.807) is 23.4 Å². The fourth-order valence-corrected chi connectivity index (χ4v) is 4.24. The van der Waals surface area contributed by atoms with Crippen LogP contribution in [0.4, 0.5) is 0 Å². The molecule has 2 aromatic rings. The lowest BCUT2D eigenvalue weighted by molar-refractivity contribution is 0.361. The Bertz CT molecular complexity index is 929. The first-order chi connectivity index (χ1) is 12.5. The Hall–Kier alpha value is -2.38. The fourth-order valence-electron chi connectivity index (χ4n) is 2.71. The van der Waals surface area contributed by atoms with Crippen LogP contribution in [-0.2, 0) is 10.0 Å². The lowest BCUT2D eigenvalue weighted by Crippen LogP contribution is -2.42. The lowest BCUT2D eigenvalue weighted by atomic mass is 10.1. The summed E-state index contributed by atoms with van der Waals surface area (Å²) in [4.78, 5) is 4.32. The summed E-state index contributed by atoms with van der Waals surface area (Å²) in [5, 5.41) is 6.09. The summed E-state index contributed by atoms with van der Waals surface area (Å²) in [5.74, 6) is 0.176. The van der Waals surface area contributed by atoms with Gasteiger partial charge in [-0.15, -0.1) is 0 Å². The molecule has 3 rings (SSSR count). The van der Waals surface area contributed by atoms with E-state index < -0.39 is 10.0 Å². The van der Waals surface area contributed by atoms with Crippen LogP contribution in [0.25, 0.3) is 0 Å². The summed E-state index contributed by atoms with van der Waals surface area (Å²) in [5.41, 5.74) is 1.03. The largest absolute Gasteiger partial charge is 0.265 e. The van der Waals surface area contributed by atoms with Crippen molar-refractivity contribution in [1.82, 2.24) is 9.73 Å². The second-order valence-corrected chi connectivity index (χ2v) is 7.70. The van der Waals surface area contributed by atoms with Crippen molar-refractivity contribution in [2.45, 2.75) is 24.3 Å². The highest BCUT2D eigenvalue weighted by Gasteiger charge is 2.30. The van der Waals surface area contributed by atoms with Crippen molar-refractivity contribution in [3.05, 3.63) is 65.2 Å². The van der Waals surface area contributed by atoms with Gasteiger partial charge in [0.1, 0.15) is 4.90 Å². The molecule has 1 heterocycles. The summed E-state index contributed by atoms with van der Waals surface area (Å²) in [6, 6.07) is 16.0. The number of hydrogen-bond acceptors (Lipinski definition) is 4. The maximum Gasteiger partial charge on any atom is 0.265 e. The third-order valence-electron chi connectivity index (χ3n) is 3.89. The summed E-state index contributed by atoms with van der Waals surface area (Å²) in [6.45, 7) is 2.25. The number of aliphatic imine (C=N–C) groups is 1. The normalized spacial score (nSPS) is 17.5. The Kier molecular flexibility index (Phi) is 5.58. The minimum Gasteiger partial charge on any atom is -0.251 e. The number of sulfonamides is 1. The van der Waals surface area contributed by atoms with Crippen LogP contribution in [0.3, 0.4) is 0 Å². The summed E-state index contributed by atoms with van der Waals surface area (Å²) < 4.78 is 28.1. The van der Waals surface area contributed by atoms with Crippen LogP contribution < -0.4 is 4.72 Å². The molecule has 1 aliphatic rings. The molecule has 1 aliphatic heterocycles. The molecule has 0 aromatic heterocycles. The molecule has 6 nitrogen and oxygen atoms in total. The molecule has 1 unspecified atom stereocenters. The predicted octanol–water partition coefficient (Wildman–Crippen LogP) is 3.43. The van der Waals surface area contributed by atoms with Crippen LogP contribution in [0.2, 0.25) is 5.02 Å². The predicted molar refractivity (Wildman–Crippen MR) is 104 cm³/mol. The van der Waals surface area contributed by atoms with Crippen molar-refractivity contribution in [3.8, 4) is 0 Å². The van der Waals surface area contributed by atoms with Gasteiger partial charge in [-0.05, 0) is 24.6 Å². The quantitative estimate of drug-likeness (QED) is 0.642. The SMILES string of the molecule is CCN=C(NS(=O)(=O)c1ccccc1Cl)N1N=CCC1c1ccccc1. The summed E-state index contributed by atoms with van der Waals surface area (Å²) >= 11 is 6.05. The molecule has 0 bridgehead atoms. The smallest absolute Gasteiger partial charge is 0.251 e. The van der Waals surface area contributed by atoms with Crippen molar-refractivity contribution in [2.24, 2.45) is 10.1 Å². The average Bonchev–Trinajstić information content (AvgIpc) is 3.12. The van der Waals surface area contributed by atoms with Crippen LogP contribution >= 0.6 is 11.6 Å². The summed E-state index contributed by atoms with van der Waals surface area (Å²) in [7, 11) is -3.88. The lowest BCUT2D eigenvalue weighted by Gasteiger charge is -2.25. The highest BCUT2D eigenvalue weighted by atomic mass is 35.5. The van der Waals surface area contributed by atoms with E-state index in [1.807, 2.05) is 37.3 Å². The molecule has 8 heteroatoms. The van der Waals surface area contributed by atoms with Crippen LogP contribution in [0, 0.1) is 0 Å². The highest BCUT2D eigenvalue weighted by Crippen LogP contribution is 2.28. The first-order valence-electron chi connectivity index (χ1n) is 8.21. The average molecular weight is 391 g/mol. The number of benzene rings is 2. The van der Waals surface area contributed by atoms with E-state index in [-0.39, 0.29) is 21.9 Å². The second-order valence-electron chi connectivity index (χ2n) is 5.64. The number of rotatable bonds is 4. The Morgan fingerprint density at radius 1 is 1.23 bits per heavy atom. The van der Waals surface area contributed by atoms with Gasteiger partial charge in [-0.1, -0.05) is 54.1 Å². The first kappa shape index (κ1) is 18.4. The Balaban J connectivity index is 1.91. The zero-order valence-corrected chi connectivity index (χ0v) is 15.8. The van der Waals surface area contributed by atoms with Crippen LogP contribution in [-0.4, -0.2) is 32.1 Å². The molecule has 0 fully saturated rings. The zero-order valence-electron chi connectivity index (χ0n) is 14.2. The van der Waals surface area contributed by atoms with Crippen molar-refractivity contribution >= 4 is 33.8 Å². The van der Waals surface area contributed by atoms with Gasteiger partial charge in [-0.3, -0.25) is 4.99 Å². The van der Waals surface area contributed by atoms with E-state index in [0.717, 1.165) is 5.56 Å². The summed E-state index contributed by atoms with van der Waals surface area (Å²) in [6.07, 6.45) is 2.42. The van der Waals surface area contributed by atoms with Crippen molar-refractivity contribution < 1.29 is 8.42 Å². The first-order valence-corrected chi connectivity index (χ1v) is 10.1. The van der Waals surface area contributed by atoms with Crippen LogP contribution in [0.1, 0.15) is 24.9 Å². The molecule has 1 N–H and O–H groups in total. The van der Waals surface area contributed by atoms with Gasteiger partial charge in [0.05, 0.1) is 11.1 Å². The number of nitrogens with zero attached hydrogens (tertiary/aromatic N) is 3. The van der Waals surface area contributed by atoms with Gasteiger partial charge in [-0.25, -0.2) is 18.1 Å². The molecular weight excluding hydrogens is 372 g/mol. The number of guanidine groups is 1. The second kappa shape index (κ2) is 7.88. The fraction of sp³-hybridized carbons (Fsp3) is 0.222. The molecule has 2 aromatic carbocycles. The van der Waals surface area contributed by atoms with E-state index in [9.17, 15) is 8.42 Å². The number of halogens is 1. The molecule has 0 saturated carbocycles. The molecule has 0 spiro atoms. The Morgan fingerprint density at radius 2 is 1.92 bits per heavy atom. The van der Waals surface area contributed by atoms with Crippen LogP contribution in [0.5, 0.6) is 0 Å². The van der Waals surface area contributed by atoms with E-state index in [1.165, 1.54) is 12.1 Å². The number of hydrazone groups is 1. The minimum absolute atomic E-state index is 0.00454. The topological polar surface area (TPSA) is 74.1 Å². The van der Waals surface area contributed by atoms with E-state index in [4.69, 9.17) is 11.6 Å². The zero-order chi connectivity index (χ0) is 18.6. The molecule has 0 saturated heterocycles. The third kappa shape index (κ3) is 3.89. The molecule has 1 atom stereocenters. The van der Waals surface area contributed by atoms with Crippen molar-refractivity contribution in [2.75, 3.05) is 6.54 Å². The van der Waals surface area contributed by atoms with Gasteiger partial charge in [0, 0.05) is 19.2 Å². The molecule has 0 radical (unpaired) electrons. The van der Waals surface area contributed by atoms with Gasteiger partial charge in [0.15, 0.2) is 0 Å². The Labute approximate surface area is 158 Å². The van der Waals surface area contributed by atoms with Crippen molar-refractivity contribution in [3.63, 3.8) is 0 Å². The van der Waals surface area contributed by atoms with Crippen LogP contribution in [0.15, 0.2) is 69.6 Å². The Morgan fingerprint density at radius 3 is 2.62 bits per heavy atom. The van der Waals surface area contributed by atoms with Gasteiger partial charge in [-0.2, -0.15) is 5.10 Å². The molecular formula is C18H19ClN4O2S. The van der Waals surface area contributed by atoms with E-state index in [2.05, 4.69) is 14.8 Å². The maximum absolute atomic E-state index is 12.8. The van der Waals surface area contributed by atoms with E-state index in [0.29, 0.717) is 13.0 Å². The van der Waals surface area contributed by atoms with Gasteiger partial charge < -0.3 is 0 Å². The molecule has 136 valence electrons. The maximum atomic E-state index is 12.8. The van der Waals surface area contributed by atoms with Gasteiger partial charge in [0.2, 0.25) is 5.96 Å². The van der Waals surface area contributed by atoms with Crippen molar-refractivity contribution in [1.29, 1.82) is 0 Å². The molecule has 0 aliphatic carbocycles. The highest BCUT2D eigenvalue weighted by molar-refractivity contribution is 7.90. The standard InChI is InChI=1S/C18H19ClN4O2S/c1-2-20-18(22-26(24,25)17-11-7-6-10-15(17)19)23-16(12-13-21-23)14-8-4-3-5-9-14/h3-11,13,16H,2,12H2,1H3,(H,20,22). The molecule has 26 heavy (non-hydrogen) atoms. The van der Waals surface area contributed by atoms with E-state index >= 15 is 0 Å². The van der Waals surface area contributed by atoms with Gasteiger partial charge in [0.25, 0.3) is 10.0 Å². The molecule has 0 amide bonds.